The Hall–Kier alpha value is -3.24. The Morgan fingerprint density at radius 3 is 2.44 bits per heavy atom. The highest BCUT2D eigenvalue weighted by Crippen LogP contribution is 2.31. The lowest BCUT2D eigenvalue weighted by molar-refractivity contribution is -0.0784. The maximum Gasteiger partial charge on any atom is 0.314 e. The van der Waals surface area contributed by atoms with Crippen LogP contribution in [0.25, 0.3) is 0 Å². The van der Waals surface area contributed by atoms with Crippen LogP contribution in [0.2, 0.25) is 0 Å². The number of hydrogen-bond acceptors (Lipinski definition) is 8. The number of primary amides is 1. The number of allylic oxidation sites excluding steroid dienone is 3. The molecule has 3 saturated heterocycles. The Morgan fingerprint density at radius 2 is 1.84 bits per heavy atom. The molecule has 12 nitrogen and oxygen atoms in total. The lowest BCUT2D eigenvalue weighted by Gasteiger charge is -2.44. The summed E-state index contributed by atoms with van der Waals surface area (Å²) in [5.41, 5.74) is 6.42. The van der Waals surface area contributed by atoms with E-state index in [1.165, 1.54) is 0 Å². The lowest BCUT2D eigenvalue weighted by Crippen LogP contribution is -2.57. The maximum atomic E-state index is 11.3. The SMILES string of the molecule is CC.CCN=C(N=CNC1=CCC(N2CCN(C3COC3)CC2)C=C1)C1CC=C(OCCN2CCN(C(N)=O)CC2)C(C#N)C1. The number of urea groups is 1. The Bertz CT molecular complexity index is 1140. The van der Waals surface area contributed by atoms with Gasteiger partial charge in [0.1, 0.15) is 24.1 Å². The fourth-order valence-electron chi connectivity index (χ4n) is 6.33. The molecule has 0 aromatic heterocycles. The van der Waals surface area contributed by atoms with Gasteiger partial charge >= 0.3 is 6.03 Å². The van der Waals surface area contributed by atoms with E-state index < -0.39 is 0 Å². The maximum absolute atomic E-state index is 11.3. The molecule has 0 aromatic carbocycles. The van der Waals surface area contributed by atoms with E-state index in [0.29, 0.717) is 44.7 Å². The Morgan fingerprint density at radius 1 is 1.11 bits per heavy atom. The standard InChI is InChI=1S/C31H47N9O3.C2H6/c1-2-34-30(24-3-8-29(25(19-24)20-32)43-18-17-37-9-11-40(12-10-37)31(33)41)36-23-35-26-4-6-27(7-5-26)38-13-15-39(16-14-38)28-21-42-22-28;1-2/h4-6,8,23-25,27-28H,2-3,7,9-19,21-22H2,1H3,(H2,33,41)(H,34,35,36);1-2H3. The van der Waals surface area contributed by atoms with E-state index in [1.54, 1.807) is 11.2 Å². The molecule has 2 aliphatic carbocycles. The summed E-state index contributed by atoms with van der Waals surface area (Å²) in [6.45, 7) is 17.0. The van der Waals surface area contributed by atoms with Gasteiger partial charge in [0.05, 0.1) is 31.7 Å². The van der Waals surface area contributed by atoms with Gasteiger partial charge in [-0.1, -0.05) is 26.0 Å². The molecule has 3 unspecified atom stereocenters. The third-order valence-corrected chi connectivity index (χ3v) is 9.13. The second-order valence-electron chi connectivity index (χ2n) is 11.8. The van der Waals surface area contributed by atoms with Crippen molar-refractivity contribution >= 4 is 18.2 Å². The van der Waals surface area contributed by atoms with E-state index in [0.717, 1.165) is 89.2 Å². The van der Waals surface area contributed by atoms with Crippen molar-refractivity contribution in [3.05, 3.63) is 35.8 Å². The average molecular weight is 624 g/mol. The molecular formula is C33H53N9O3. The smallest absolute Gasteiger partial charge is 0.314 e. The Balaban J connectivity index is 0.00000226. The van der Waals surface area contributed by atoms with Gasteiger partial charge in [0, 0.05) is 83.1 Å². The van der Waals surface area contributed by atoms with Crippen molar-refractivity contribution in [3.8, 4) is 6.07 Å². The van der Waals surface area contributed by atoms with Crippen molar-refractivity contribution in [3.63, 3.8) is 0 Å². The number of rotatable bonds is 10. The number of nitriles is 1. The molecule has 2 amide bonds. The number of amides is 2. The number of piperazine rings is 2. The highest BCUT2D eigenvalue weighted by Gasteiger charge is 2.31. The highest BCUT2D eigenvalue weighted by atomic mass is 16.5. The molecular weight excluding hydrogens is 570 g/mol. The normalized spacial score (nSPS) is 27.1. The average Bonchev–Trinajstić information content (AvgIpc) is 3.05. The van der Waals surface area contributed by atoms with Crippen LogP contribution in [0.1, 0.15) is 40.0 Å². The van der Waals surface area contributed by atoms with Gasteiger partial charge in [0.2, 0.25) is 0 Å². The number of aliphatic imine (C=N–C) groups is 2. The summed E-state index contributed by atoms with van der Waals surface area (Å²) < 4.78 is 11.4. The van der Waals surface area contributed by atoms with Gasteiger partial charge < -0.3 is 25.4 Å². The second kappa shape index (κ2) is 18.0. The van der Waals surface area contributed by atoms with Crippen LogP contribution >= 0.6 is 0 Å². The van der Waals surface area contributed by atoms with Crippen LogP contribution in [-0.4, -0.2) is 135 Å². The summed E-state index contributed by atoms with van der Waals surface area (Å²) in [5, 5.41) is 13.2. The quantitative estimate of drug-likeness (QED) is 0.280. The number of nitrogens with zero attached hydrogens (tertiary/aromatic N) is 7. The van der Waals surface area contributed by atoms with Crippen molar-refractivity contribution < 1.29 is 14.3 Å². The van der Waals surface area contributed by atoms with Crippen molar-refractivity contribution in [1.29, 1.82) is 5.26 Å². The van der Waals surface area contributed by atoms with E-state index in [9.17, 15) is 10.1 Å². The first-order valence-corrected chi connectivity index (χ1v) is 16.8. The lowest BCUT2D eigenvalue weighted by atomic mass is 9.85. The summed E-state index contributed by atoms with van der Waals surface area (Å²) in [4.78, 5) is 29.8. The van der Waals surface area contributed by atoms with E-state index in [2.05, 4.69) is 49.3 Å². The van der Waals surface area contributed by atoms with Gasteiger partial charge in [0.15, 0.2) is 0 Å². The molecule has 3 atom stereocenters. The van der Waals surface area contributed by atoms with Crippen molar-refractivity contribution in [2.24, 2.45) is 27.6 Å². The van der Waals surface area contributed by atoms with Gasteiger partial charge in [-0.05, 0) is 38.3 Å². The van der Waals surface area contributed by atoms with Crippen LogP contribution in [0, 0.1) is 23.2 Å². The van der Waals surface area contributed by atoms with Crippen LogP contribution < -0.4 is 11.1 Å². The van der Waals surface area contributed by atoms with Crippen LogP contribution in [0.15, 0.2) is 45.7 Å². The first-order chi connectivity index (χ1) is 22.0. The summed E-state index contributed by atoms with van der Waals surface area (Å²) >= 11 is 0. The van der Waals surface area contributed by atoms with Gasteiger partial charge in [-0.25, -0.2) is 9.79 Å². The van der Waals surface area contributed by atoms with E-state index in [-0.39, 0.29) is 17.9 Å². The molecule has 3 aliphatic heterocycles. The zero-order valence-electron chi connectivity index (χ0n) is 27.4. The molecule has 0 aromatic rings. The fraction of sp³-hybridized carbons (Fsp3) is 0.697. The first-order valence-electron chi connectivity index (χ1n) is 16.8. The van der Waals surface area contributed by atoms with Crippen molar-refractivity contribution in [2.45, 2.75) is 52.1 Å². The Kier molecular flexibility index (Phi) is 13.9. The predicted octanol–water partition coefficient (Wildman–Crippen LogP) is 2.42. The number of carbonyl (C=O) groups excluding carboxylic acids is 1. The van der Waals surface area contributed by atoms with Crippen molar-refractivity contribution in [2.75, 3.05) is 85.3 Å². The molecule has 0 bridgehead atoms. The fourth-order valence-corrected chi connectivity index (χ4v) is 6.33. The third-order valence-electron chi connectivity index (χ3n) is 9.13. The minimum absolute atomic E-state index is 0.0716. The molecule has 3 N–H and O–H groups in total. The largest absolute Gasteiger partial charge is 0.496 e. The second-order valence-corrected chi connectivity index (χ2v) is 11.8. The summed E-state index contributed by atoms with van der Waals surface area (Å²) in [5.74, 6) is 1.27. The third kappa shape index (κ3) is 9.87. The highest BCUT2D eigenvalue weighted by molar-refractivity contribution is 5.91. The predicted molar refractivity (Wildman–Crippen MR) is 178 cm³/mol. The molecule has 248 valence electrons. The van der Waals surface area contributed by atoms with Gasteiger partial charge in [-0.2, -0.15) is 5.26 Å². The van der Waals surface area contributed by atoms with Gasteiger partial charge in [-0.3, -0.25) is 19.7 Å². The number of carbonyl (C=O) groups is 1. The van der Waals surface area contributed by atoms with Crippen LogP contribution in [0.3, 0.4) is 0 Å². The molecule has 0 saturated carbocycles. The Labute approximate surface area is 269 Å². The number of nitrogens with two attached hydrogens (primary N) is 1. The van der Waals surface area contributed by atoms with Crippen molar-refractivity contribution in [1.82, 2.24) is 24.9 Å². The molecule has 3 heterocycles. The molecule has 12 heteroatoms. The molecule has 5 aliphatic rings. The number of amidine groups is 1. The zero-order chi connectivity index (χ0) is 32.0. The number of ether oxygens (including phenoxy) is 2. The number of hydrogen-bond donors (Lipinski definition) is 2. The van der Waals surface area contributed by atoms with Crippen LogP contribution in [0.5, 0.6) is 0 Å². The van der Waals surface area contributed by atoms with Crippen LogP contribution in [-0.2, 0) is 9.47 Å². The minimum Gasteiger partial charge on any atom is -0.496 e. The summed E-state index contributed by atoms with van der Waals surface area (Å²) in [7, 11) is 0. The van der Waals surface area contributed by atoms with Gasteiger partial charge in [-0.15, -0.1) is 0 Å². The monoisotopic (exact) mass is 623 g/mol. The first kappa shape index (κ1) is 34.6. The minimum atomic E-state index is -0.363. The molecule has 0 spiro atoms. The zero-order valence-corrected chi connectivity index (χ0v) is 27.4. The summed E-state index contributed by atoms with van der Waals surface area (Å²) in [6, 6.07) is 3.13. The molecule has 3 fully saturated rings. The topological polar surface area (TPSA) is 135 Å². The van der Waals surface area contributed by atoms with E-state index >= 15 is 0 Å². The van der Waals surface area contributed by atoms with E-state index in [4.69, 9.17) is 20.2 Å². The van der Waals surface area contributed by atoms with Gasteiger partial charge in [0.25, 0.3) is 0 Å². The molecule has 5 rings (SSSR count). The molecule has 0 radical (unpaired) electrons. The van der Waals surface area contributed by atoms with E-state index in [1.807, 2.05) is 26.8 Å². The summed E-state index contributed by atoms with van der Waals surface area (Å²) in [6.07, 6.45) is 12.8. The molecule has 45 heavy (non-hydrogen) atoms. The van der Waals surface area contributed by atoms with Crippen LogP contribution in [0.4, 0.5) is 4.79 Å². The number of nitrogens with one attached hydrogen (secondary N) is 1.